The van der Waals surface area contributed by atoms with E-state index >= 15 is 0 Å². The van der Waals surface area contributed by atoms with Crippen LogP contribution < -0.4 is 0 Å². The Morgan fingerprint density at radius 3 is 2.67 bits per heavy atom. The molecule has 0 atom stereocenters. The lowest BCUT2D eigenvalue weighted by atomic mass is 9.96. The second-order valence-electron chi connectivity index (χ2n) is 4.74. The molecule has 0 unspecified atom stereocenters. The molecule has 0 aliphatic rings. The van der Waals surface area contributed by atoms with Crippen LogP contribution in [0.15, 0.2) is 53.9 Å². The number of hydrogen-bond acceptors (Lipinski definition) is 1. The number of aryl methyl sites for hydroxylation is 1. The van der Waals surface area contributed by atoms with Crippen LogP contribution in [0.25, 0.3) is 31.6 Å². The molecule has 0 spiro atoms. The van der Waals surface area contributed by atoms with Crippen molar-refractivity contribution < 1.29 is 0 Å². The van der Waals surface area contributed by atoms with Gasteiger partial charge in [0.2, 0.25) is 0 Å². The zero-order valence-corrected chi connectivity index (χ0v) is 10.9. The summed E-state index contributed by atoms with van der Waals surface area (Å²) < 4.78 is 1.37. The minimum absolute atomic E-state index is 1.33. The number of hydrogen-bond donors (Lipinski definition) is 0. The first-order valence-corrected chi connectivity index (χ1v) is 7.01. The van der Waals surface area contributed by atoms with Crippen molar-refractivity contribution in [1.82, 2.24) is 0 Å². The van der Waals surface area contributed by atoms with E-state index in [1.165, 1.54) is 37.2 Å². The second-order valence-corrected chi connectivity index (χ2v) is 5.68. The maximum atomic E-state index is 2.29. The molecule has 4 aromatic rings. The van der Waals surface area contributed by atoms with Crippen molar-refractivity contribution in [3.05, 3.63) is 59.5 Å². The van der Waals surface area contributed by atoms with Crippen LogP contribution in [0.4, 0.5) is 0 Å². The Kier molecular flexibility index (Phi) is 2.00. The van der Waals surface area contributed by atoms with Gasteiger partial charge in [-0.15, -0.1) is 11.3 Å². The minimum atomic E-state index is 1.33. The fourth-order valence-corrected chi connectivity index (χ4v) is 3.62. The Morgan fingerprint density at radius 1 is 0.833 bits per heavy atom. The van der Waals surface area contributed by atoms with E-state index in [1.54, 1.807) is 0 Å². The smallest absolute Gasteiger partial charge is 0.0349 e. The molecule has 0 radical (unpaired) electrons. The molecule has 0 aliphatic heterocycles. The third kappa shape index (κ3) is 1.25. The van der Waals surface area contributed by atoms with Gasteiger partial charge in [0.05, 0.1) is 0 Å². The van der Waals surface area contributed by atoms with Crippen LogP contribution in [-0.4, -0.2) is 0 Å². The van der Waals surface area contributed by atoms with Gasteiger partial charge in [0.1, 0.15) is 0 Å². The fraction of sp³-hybridized carbons (Fsp3) is 0.0588. The first kappa shape index (κ1) is 10.1. The lowest BCUT2D eigenvalue weighted by molar-refractivity contribution is 1.56. The maximum absolute atomic E-state index is 2.29. The summed E-state index contributed by atoms with van der Waals surface area (Å²) in [6.07, 6.45) is 0. The van der Waals surface area contributed by atoms with E-state index in [0.29, 0.717) is 0 Å². The molecular weight excluding hydrogens is 236 g/mol. The quantitative estimate of drug-likeness (QED) is 0.360. The zero-order chi connectivity index (χ0) is 12.1. The maximum Gasteiger partial charge on any atom is 0.0349 e. The molecule has 0 saturated heterocycles. The van der Waals surface area contributed by atoms with Gasteiger partial charge in [-0.05, 0) is 51.5 Å². The van der Waals surface area contributed by atoms with Crippen LogP contribution in [0.2, 0.25) is 0 Å². The van der Waals surface area contributed by atoms with Crippen molar-refractivity contribution in [3.63, 3.8) is 0 Å². The first-order chi connectivity index (χ1) is 8.84. The normalized spacial score (nSPS) is 11.6. The van der Waals surface area contributed by atoms with Crippen molar-refractivity contribution >= 4 is 43.0 Å². The Hall–Kier alpha value is -1.86. The van der Waals surface area contributed by atoms with Crippen LogP contribution >= 0.6 is 11.3 Å². The minimum Gasteiger partial charge on any atom is -0.144 e. The van der Waals surface area contributed by atoms with Gasteiger partial charge in [-0.1, -0.05) is 36.4 Å². The lowest BCUT2D eigenvalue weighted by Gasteiger charge is -2.08. The van der Waals surface area contributed by atoms with Crippen molar-refractivity contribution in [2.24, 2.45) is 0 Å². The molecular formula is C17H12S. The molecule has 4 rings (SSSR count). The molecule has 0 saturated carbocycles. The summed E-state index contributed by atoms with van der Waals surface area (Å²) in [4.78, 5) is 0. The molecule has 1 heterocycles. The van der Waals surface area contributed by atoms with Gasteiger partial charge in [-0.2, -0.15) is 0 Å². The summed E-state index contributed by atoms with van der Waals surface area (Å²) in [6.45, 7) is 2.20. The van der Waals surface area contributed by atoms with Crippen molar-refractivity contribution in [3.8, 4) is 0 Å². The van der Waals surface area contributed by atoms with Gasteiger partial charge >= 0.3 is 0 Å². The number of fused-ring (bicyclic) bond motifs is 5. The third-order valence-corrected chi connectivity index (χ3v) is 4.54. The van der Waals surface area contributed by atoms with E-state index in [9.17, 15) is 0 Å². The molecule has 1 aromatic heterocycles. The molecule has 0 bridgehead atoms. The van der Waals surface area contributed by atoms with Crippen LogP contribution in [0.5, 0.6) is 0 Å². The molecule has 0 aliphatic carbocycles. The Labute approximate surface area is 109 Å². The van der Waals surface area contributed by atoms with Crippen LogP contribution in [0.3, 0.4) is 0 Å². The van der Waals surface area contributed by atoms with E-state index in [-0.39, 0.29) is 0 Å². The summed E-state index contributed by atoms with van der Waals surface area (Å²) in [7, 11) is 0. The summed E-state index contributed by atoms with van der Waals surface area (Å²) >= 11 is 1.82. The van der Waals surface area contributed by atoms with Gasteiger partial charge in [0.25, 0.3) is 0 Å². The van der Waals surface area contributed by atoms with Crippen LogP contribution in [0, 0.1) is 6.92 Å². The van der Waals surface area contributed by atoms with E-state index in [1.807, 2.05) is 11.3 Å². The van der Waals surface area contributed by atoms with Gasteiger partial charge in [-0.3, -0.25) is 0 Å². The van der Waals surface area contributed by atoms with Gasteiger partial charge in [0.15, 0.2) is 0 Å². The summed E-state index contributed by atoms with van der Waals surface area (Å²) in [5, 5.41) is 9.05. The molecule has 86 valence electrons. The number of benzene rings is 3. The molecule has 0 fully saturated rings. The first-order valence-electron chi connectivity index (χ1n) is 6.13. The topological polar surface area (TPSA) is 0 Å². The lowest BCUT2D eigenvalue weighted by Crippen LogP contribution is -1.82. The van der Waals surface area contributed by atoms with E-state index in [4.69, 9.17) is 0 Å². The van der Waals surface area contributed by atoms with Crippen LogP contribution in [-0.2, 0) is 0 Å². The Balaban J connectivity index is 2.43. The van der Waals surface area contributed by atoms with E-state index in [2.05, 4.69) is 60.8 Å². The van der Waals surface area contributed by atoms with Crippen molar-refractivity contribution in [2.45, 2.75) is 6.92 Å². The van der Waals surface area contributed by atoms with Gasteiger partial charge in [0, 0.05) is 10.1 Å². The SMILES string of the molecule is Cc1cc2ccccc2c2c1ccc1sccc12. The van der Waals surface area contributed by atoms with Gasteiger partial charge in [-0.25, -0.2) is 0 Å². The average molecular weight is 248 g/mol. The summed E-state index contributed by atoms with van der Waals surface area (Å²) in [6, 6.07) is 17.7. The second kappa shape index (κ2) is 3.56. The van der Waals surface area contributed by atoms with E-state index in [0.717, 1.165) is 0 Å². The molecule has 1 heteroatoms. The van der Waals surface area contributed by atoms with E-state index < -0.39 is 0 Å². The highest BCUT2D eigenvalue weighted by molar-refractivity contribution is 7.17. The monoisotopic (exact) mass is 248 g/mol. The highest BCUT2D eigenvalue weighted by atomic mass is 32.1. The molecule has 0 N–H and O–H groups in total. The molecule has 18 heavy (non-hydrogen) atoms. The predicted octanol–water partition coefficient (Wildman–Crippen LogP) is 5.52. The van der Waals surface area contributed by atoms with Crippen LogP contribution in [0.1, 0.15) is 5.56 Å². The van der Waals surface area contributed by atoms with Crippen molar-refractivity contribution in [1.29, 1.82) is 0 Å². The highest BCUT2D eigenvalue weighted by Gasteiger charge is 2.07. The number of thiophene rings is 1. The molecule has 0 amide bonds. The standard InChI is InChI=1S/C17H12S/c1-11-10-12-4-2-3-5-14(12)17-13(11)6-7-16-15(17)8-9-18-16/h2-10H,1H3. The predicted molar refractivity (Wildman–Crippen MR) is 81.6 cm³/mol. The average Bonchev–Trinajstić information content (AvgIpc) is 2.86. The largest absolute Gasteiger partial charge is 0.144 e. The fourth-order valence-electron chi connectivity index (χ4n) is 2.82. The summed E-state index contributed by atoms with van der Waals surface area (Å²) in [5.41, 5.74) is 1.36. The highest BCUT2D eigenvalue weighted by Crippen LogP contribution is 2.35. The Morgan fingerprint density at radius 2 is 1.72 bits per heavy atom. The third-order valence-electron chi connectivity index (χ3n) is 3.66. The Bertz CT molecular complexity index is 884. The van der Waals surface area contributed by atoms with Gasteiger partial charge < -0.3 is 0 Å². The molecule has 3 aromatic carbocycles. The number of rotatable bonds is 0. The van der Waals surface area contributed by atoms with Crippen molar-refractivity contribution in [2.75, 3.05) is 0 Å². The zero-order valence-electron chi connectivity index (χ0n) is 10.1. The molecule has 0 nitrogen and oxygen atoms in total. The summed E-state index contributed by atoms with van der Waals surface area (Å²) in [5.74, 6) is 0.